The largest absolute Gasteiger partial charge is 0.456 e. The molecule has 56 heavy (non-hydrogen) atoms. The predicted molar refractivity (Wildman–Crippen MR) is 225 cm³/mol. The van der Waals surface area contributed by atoms with Crippen molar-refractivity contribution in [1.82, 2.24) is 19.9 Å². The van der Waals surface area contributed by atoms with Crippen LogP contribution in [0.15, 0.2) is 191 Å². The lowest BCUT2D eigenvalue weighted by atomic mass is 9.94. The van der Waals surface area contributed by atoms with Gasteiger partial charge >= 0.3 is 0 Å². The molecule has 262 valence electrons. The van der Waals surface area contributed by atoms with Crippen LogP contribution in [0.4, 0.5) is 0 Å². The molecule has 4 heterocycles. The highest BCUT2D eigenvalue weighted by Crippen LogP contribution is 2.45. The van der Waals surface area contributed by atoms with Gasteiger partial charge in [0.1, 0.15) is 22.3 Å². The van der Waals surface area contributed by atoms with Crippen LogP contribution in [0.3, 0.4) is 0 Å². The van der Waals surface area contributed by atoms with E-state index in [1.54, 1.807) is 0 Å². The molecule has 0 bridgehead atoms. The van der Waals surface area contributed by atoms with Crippen molar-refractivity contribution in [2.45, 2.75) is 0 Å². The van der Waals surface area contributed by atoms with E-state index in [1.807, 2.05) is 97.3 Å². The summed E-state index contributed by atoms with van der Waals surface area (Å²) in [6.45, 7) is 0. The summed E-state index contributed by atoms with van der Waals surface area (Å²) in [5, 5.41) is 4.16. The number of rotatable bonds is 6. The van der Waals surface area contributed by atoms with Crippen molar-refractivity contribution < 1.29 is 8.83 Å². The first-order valence-corrected chi connectivity index (χ1v) is 18.5. The van der Waals surface area contributed by atoms with Gasteiger partial charge in [-0.3, -0.25) is 0 Å². The highest BCUT2D eigenvalue weighted by atomic mass is 16.3. The van der Waals surface area contributed by atoms with E-state index in [9.17, 15) is 0 Å². The number of hydrogen-bond acceptors (Lipinski definition) is 6. The van der Waals surface area contributed by atoms with E-state index < -0.39 is 0 Å². The number of furan rings is 2. The van der Waals surface area contributed by atoms with Crippen LogP contribution in [0.5, 0.6) is 0 Å². The van der Waals surface area contributed by atoms with Crippen molar-refractivity contribution in [3.8, 4) is 67.5 Å². The summed E-state index contributed by atoms with van der Waals surface area (Å²) in [5.41, 5.74) is 12.8. The molecular formula is C50H30N4O2. The van der Waals surface area contributed by atoms with Crippen molar-refractivity contribution in [2.75, 3.05) is 0 Å². The van der Waals surface area contributed by atoms with Crippen LogP contribution < -0.4 is 0 Å². The molecule has 0 aliphatic carbocycles. The lowest BCUT2D eigenvalue weighted by molar-refractivity contribution is 0.668. The minimum absolute atomic E-state index is 0.628. The minimum Gasteiger partial charge on any atom is -0.456 e. The van der Waals surface area contributed by atoms with Crippen LogP contribution >= 0.6 is 0 Å². The van der Waals surface area contributed by atoms with E-state index in [4.69, 9.17) is 18.8 Å². The lowest BCUT2D eigenvalue weighted by Gasteiger charge is -2.12. The summed E-state index contributed by atoms with van der Waals surface area (Å²) in [4.78, 5) is 19.7. The summed E-state index contributed by atoms with van der Waals surface area (Å²) in [5.74, 6) is 1.33. The SMILES string of the molecule is c1ccc(-c2cc(-c3ccc(-c4cccc5oc6ccccc6c45)c4oc5ccccc5c34)nc(-c3ccc(-c4cnc(-c5ccccc5)nc4)cc3)n2)cc1. The van der Waals surface area contributed by atoms with Crippen LogP contribution in [-0.2, 0) is 0 Å². The molecule has 4 aromatic heterocycles. The second kappa shape index (κ2) is 13.0. The van der Waals surface area contributed by atoms with Gasteiger partial charge in [0.2, 0.25) is 0 Å². The number of fused-ring (bicyclic) bond motifs is 6. The monoisotopic (exact) mass is 718 g/mol. The highest BCUT2D eigenvalue weighted by Gasteiger charge is 2.22. The van der Waals surface area contributed by atoms with Crippen LogP contribution in [0.2, 0.25) is 0 Å². The fraction of sp³-hybridized carbons (Fsp3) is 0. The molecule has 6 heteroatoms. The van der Waals surface area contributed by atoms with Gasteiger partial charge in [-0.25, -0.2) is 19.9 Å². The van der Waals surface area contributed by atoms with E-state index >= 15 is 0 Å². The molecule has 0 radical (unpaired) electrons. The fourth-order valence-electron chi connectivity index (χ4n) is 7.75. The number of benzene rings is 7. The zero-order chi connectivity index (χ0) is 37.0. The zero-order valence-electron chi connectivity index (χ0n) is 29.9. The van der Waals surface area contributed by atoms with Crippen molar-refractivity contribution >= 4 is 43.9 Å². The molecule has 0 saturated carbocycles. The second-order valence-corrected chi connectivity index (χ2v) is 13.8. The average Bonchev–Trinajstić information content (AvgIpc) is 3.86. The number of aromatic nitrogens is 4. The Labute approximate surface area is 321 Å². The first kappa shape index (κ1) is 31.8. The second-order valence-electron chi connectivity index (χ2n) is 13.8. The predicted octanol–water partition coefficient (Wildman–Crippen LogP) is 13.1. The summed E-state index contributed by atoms with van der Waals surface area (Å²) in [6, 6.07) is 57.6. The Bertz CT molecular complexity index is 3220. The summed E-state index contributed by atoms with van der Waals surface area (Å²) in [6.07, 6.45) is 3.74. The molecule has 11 aromatic rings. The Morgan fingerprint density at radius 3 is 1.66 bits per heavy atom. The molecule has 0 atom stereocenters. The van der Waals surface area contributed by atoms with Gasteiger partial charge in [0.05, 0.1) is 11.4 Å². The minimum atomic E-state index is 0.628. The van der Waals surface area contributed by atoms with Crippen molar-refractivity contribution in [3.05, 3.63) is 182 Å². The van der Waals surface area contributed by atoms with Gasteiger partial charge < -0.3 is 8.83 Å². The number of hydrogen-bond donors (Lipinski definition) is 0. The number of nitrogens with zero attached hydrogens (tertiary/aromatic N) is 4. The average molecular weight is 719 g/mol. The van der Waals surface area contributed by atoms with E-state index in [2.05, 4.69) is 94.9 Å². The van der Waals surface area contributed by atoms with Crippen LogP contribution in [0.1, 0.15) is 0 Å². The molecule has 0 fully saturated rings. The Morgan fingerprint density at radius 1 is 0.339 bits per heavy atom. The van der Waals surface area contributed by atoms with Gasteiger partial charge in [-0.2, -0.15) is 0 Å². The van der Waals surface area contributed by atoms with Gasteiger partial charge in [-0.15, -0.1) is 0 Å². The Balaban J connectivity index is 1.07. The van der Waals surface area contributed by atoms with Crippen molar-refractivity contribution in [3.63, 3.8) is 0 Å². The third-order valence-electron chi connectivity index (χ3n) is 10.5. The first-order valence-electron chi connectivity index (χ1n) is 18.5. The molecule has 0 unspecified atom stereocenters. The molecule has 7 aromatic carbocycles. The van der Waals surface area contributed by atoms with Crippen LogP contribution in [-0.4, -0.2) is 19.9 Å². The maximum atomic E-state index is 6.77. The Kier molecular flexibility index (Phi) is 7.38. The molecule has 0 amide bonds. The summed E-state index contributed by atoms with van der Waals surface area (Å²) >= 11 is 0. The highest BCUT2D eigenvalue weighted by molar-refractivity contribution is 6.20. The van der Waals surface area contributed by atoms with Crippen molar-refractivity contribution in [2.24, 2.45) is 0 Å². The Morgan fingerprint density at radius 2 is 0.911 bits per heavy atom. The smallest absolute Gasteiger partial charge is 0.160 e. The van der Waals surface area contributed by atoms with E-state index in [0.29, 0.717) is 11.6 Å². The zero-order valence-corrected chi connectivity index (χ0v) is 29.9. The molecule has 0 spiro atoms. The third kappa shape index (κ3) is 5.35. The Hall–Kier alpha value is -7.70. The molecule has 0 N–H and O–H groups in total. The van der Waals surface area contributed by atoms with Gasteiger partial charge in [0.25, 0.3) is 0 Å². The van der Waals surface area contributed by atoms with Gasteiger partial charge in [0.15, 0.2) is 11.6 Å². The quantitative estimate of drug-likeness (QED) is 0.170. The maximum Gasteiger partial charge on any atom is 0.160 e. The summed E-state index contributed by atoms with van der Waals surface area (Å²) < 4.78 is 13.1. The third-order valence-corrected chi connectivity index (χ3v) is 10.5. The molecule has 6 nitrogen and oxygen atoms in total. The molecular weight excluding hydrogens is 689 g/mol. The van der Waals surface area contributed by atoms with Crippen LogP contribution in [0, 0.1) is 0 Å². The standard InChI is InChI=1S/C50H30N4O2/c1-3-12-32(13-4-1)41-28-42(54-50(53-41)34-24-22-31(23-25-34)35-29-51-49(52-30-35)33-14-5-2-6-15-33)38-27-26-37(48-47(38)40-17-8-10-20-44(40)56-48)36-18-11-21-45-46(36)39-16-7-9-19-43(39)55-45/h1-30H. The maximum absolute atomic E-state index is 6.77. The van der Waals surface area contributed by atoms with Crippen molar-refractivity contribution in [1.29, 1.82) is 0 Å². The molecule has 0 aliphatic rings. The van der Waals surface area contributed by atoms with Crippen LogP contribution in [0.25, 0.3) is 111 Å². The van der Waals surface area contributed by atoms with Gasteiger partial charge in [-0.1, -0.05) is 140 Å². The van der Waals surface area contributed by atoms with E-state index in [1.165, 1.54) is 0 Å². The fourth-order valence-corrected chi connectivity index (χ4v) is 7.75. The molecule has 0 saturated heterocycles. The van der Waals surface area contributed by atoms with Gasteiger partial charge in [-0.05, 0) is 41.5 Å². The first-order chi connectivity index (χ1) is 27.7. The topological polar surface area (TPSA) is 77.8 Å². The molecule has 0 aliphatic heterocycles. The normalized spacial score (nSPS) is 11.6. The van der Waals surface area contributed by atoms with E-state index in [-0.39, 0.29) is 0 Å². The summed E-state index contributed by atoms with van der Waals surface area (Å²) in [7, 11) is 0. The molecule has 11 rings (SSSR count). The van der Waals surface area contributed by atoms with Gasteiger partial charge in [0, 0.05) is 67.3 Å². The van der Waals surface area contributed by atoms with E-state index in [0.717, 1.165) is 99.8 Å². The lowest BCUT2D eigenvalue weighted by Crippen LogP contribution is -1.96. The number of para-hydroxylation sites is 2.